The van der Waals surface area contributed by atoms with Crippen LogP contribution < -0.4 is 5.32 Å². The normalized spacial score (nSPS) is 19.3. The van der Waals surface area contributed by atoms with Crippen LogP contribution in [0.25, 0.3) is 0 Å². The van der Waals surface area contributed by atoms with Gasteiger partial charge in [-0.3, -0.25) is 0 Å². The van der Waals surface area contributed by atoms with Crippen molar-refractivity contribution in [2.75, 3.05) is 7.05 Å². The first-order valence-corrected chi connectivity index (χ1v) is 9.03. The third kappa shape index (κ3) is 3.22. The van der Waals surface area contributed by atoms with Crippen LogP contribution in [0, 0.1) is 5.82 Å². The summed E-state index contributed by atoms with van der Waals surface area (Å²) in [6.45, 7) is 0. The second-order valence-corrected chi connectivity index (χ2v) is 7.55. The zero-order valence-electron chi connectivity index (χ0n) is 12.0. The van der Waals surface area contributed by atoms with Gasteiger partial charge in [0.25, 0.3) is 0 Å². The van der Waals surface area contributed by atoms with Crippen molar-refractivity contribution < 1.29 is 4.39 Å². The number of aryl methyl sites for hydroxylation is 1. The zero-order valence-corrected chi connectivity index (χ0v) is 14.4. The van der Waals surface area contributed by atoms with Crippen LogP contribution in [0.3, 0.4) is 0 Å². The molecule has 0 saturated heterocycles. The van der Waals surface area contributed by atoms with Gasteiger partial charge in [0.05, 0.1) is 0 Å². The highest BCUT2D eigenvalue weighted by Crippen LogP contribution is 2.38. The van der Waals surface area contributed by atoms with Crippen molar-refractivity contribution in [1.82, 2.24) is 5.32 Å². The van der Waals surface area contributed by atoms with E-state index >= 15 is 0 Å². The van der Waals surface area contributed by atoms with Crippen LogP contribution in [0.4, 0.5) is 4.39 Å². The summed E-state index contributed by atoms with van der Waals surface area (Å²) in [5.74, 6) is 0.374. The van der Waals surface area contributed by atoms with Crippen molar-refractivity contribution in [2.45, 2.75) is 37.6 Å². The average Bonchev–Trinajstić information content (AvgIpc) is 2.95. The SMILES string of the molecule is CNC(Cc1ccc(Br)cc1F)C1CCCc2sccc21. The van der Waals surface area contributed by atoms with Gasteiger partial charge in [0.1, 0.15) is 5.82 Å². The minimum Gasteiger partial charge on any atom is -0.316 e. The number of thiophene rings is 1. The van der Waals surface area contributed by atoms with Crippen molar-refractivity contribution in [3.63, 3.8) is 0 Å². The van der Waals surface area contributed by atoms with Crippen LogP contribution in [-0.2, 0) is 12.8 Å². The zero-order chi connectivity index (χ0) is 14.8. The number of hydrogen-bond donors (Lipinski definition) is 1. The Balaban J connectivity index is 1.83. The first-order valence-electron chi connectivity index (χ1n) is 7.36. The first kappa shape index (κ1) is 15.2. The van der Waals surface area contributed by atoms with Gasteiger partial charge in [-0.25, -0.2) is 4.39 Å². The molecule has 0 aliphatic heterocycles. The van der Waals surface area contributed by atoms with Crippen molar-refractivity contribution in [1.29, 1.82) is 0 Å². The number of nitrogens with one attached hydrogen (secondary N) is 1. The van der Waals surface area contributed by atoms with Gasteiger partial charge in [0.2, 0.25) is 0 Å². The highest BCUT2D eigenvalue weighted by atomic mass is 79.9. The number of fused-ring (bicyclic) bond motifs is 1. The first-order chi connectivity index (χ1) is 10.2. The summed E-state index contributed by atoms with van der Waals surface area (Å²) >= 11 is 5.18. The lowest BCUT2D eigenvalue weighted by Crippen LogP contribution is -2.35. The third-order valence-corrected chi connectivity index (χ3v) is 5.90. The maximum Gasteiger partial charge on any atom is 0.127 e. The Morgan fingerprint density at radius 3 is 3.05 bits per heavy atom. The van der Waals surface area contributed by atoms with Gasteiger partial charge >= 0.3 is 0 Å². The van der Waals surface area contributed by atoms with Crippen LogP contribution in [0.15, 0.2) is 34.1 Å². The monoisotopic (exact) mass is 367 g/mol. The van der Waals surface area contributed by atoms with E-state index < -0.39 is 0 Å². The molecule has 21 heavy (non-hydrogen) atoms. The molecule has 0 spiro atoms. The molecule has 3 rings (SSSR count). The van der Waals surface area contributed by atoms with Crippen molar-refractivity contribution in [2.24, 2.45) is 0 Å². The second kappa shape index (κ2) is 6.59. The molecule has 1 aromatic heterocycles. The summed E-state index contributed by atoms with van der Waals surface area (Å²) in [7, 11) is 1.99. The molecule has 0 fully saturated rings. The number of rotatable bonds is 4. The Morgan fingerprint density at radius 2 is 2.29 bits per heavy atom. The van der Waals surface area contributed by atoms with Gasteiger partial charge < -0.3 is 5.32 Å². The molecule has 0 radical (unpaired) electrons. The standard InChI is InChI=1S/C17H19BrFNS/c1-20-16(9-11-5-6-12(18)10-15(11)19)13-3-2-4-17-14(13)7-8-21-17/h5-8,10,13,16,20H,2-4,9H2,1H3. The fraction of sp³-hybridized carbons (Fsp3) is 0.412. The van der Waals surface area contributed by atoms with E-state index in [0.717, 1.165) is 16.5 Å². The van der Waals surface area contributed by atoms with Gasteiger partial charge in [-0.2, -0.15) is 0 Å². The van der Waals surface area contributed by atoms with Crippen LogP contribution in [0.2, 0.25) is 0 Å². The maximum atomic E-state index is 14.1. The van der Waals surface area contributed by atoms with Crippen LogP contribution in [0.5, 0.6) is 0 Å². The lowest BCUT2D eigenvalue weighted by Gasteiger charge is -2.30. The van der Waals surface area contributed by atoms with E-state index in [1.165, 1.54) is 29.7 Å². The van der Waals surface area contributed by atoms with E-state index in [4.69, 9.17) is 0 Å². The number of hydrogen-bond acceptors (Lipinski definition) is 2. The highest BCUT2D eigenvalue weighted by Gasteiger charge is 2.28. The Labute approximate surface area is 137 Å². The molecule has 1 aromatic carbocycles. The predicted octanol–water partition coefficient (Wildman–Crippen LogP) is 4.90. The molecule has 4 heteroatoms. The second-order valence-electron chi connectivity index (χ2n) is 5.63. The van der Waals surface area contributed by atoms with E-state index in [2.05, 4.69) is 32.7 Å². The van der Waals surface area contributed by atoms with Gasteiger partial charge in [0.15, 0.2) is 0 Å². The summed E-state index contributed by atoms with van der Waals surface area (Å²) in [5.41, 5.74) is 2.27. The average molecular weight is 368 g/mol. The quantitative estimate of drug-likeness (QED) is 0.809. The molecule has 1 heterocycles. The van der Waals surface area contributed by atoms with Gasteiger partial charge in [0, 0.05) is 21.3 Å². The predicted molar refractivity (Wildman–Crippen MR) is 90.6 cm³/mol. The maximum absolute atomic E-state index is 14.1. The third-order valence-electron chi connectivity index (χ3n) is 4.41. The van der Waals surface area contributed by atoms with E-state index in [9.17, 15) is 4.39 Å². The van der Waals surface area contributed by atoms with Gasteiger partial charge in [-0.05, 0) is 67.4 Å². The summed E-state index contributed by atoms with van der Waals surface area (Å²) < 4.78 is 14.9. The van der Waals surface area contributed by atoms with Gasteiger partial charge in [-0.15, -0.1) is 11.3 Å². The van der Waals surface area contributed by atoms with Gasteiger partial charge in [-0.1, -0.05) is 22.0 Å². The molecular weight excluding hydrogens is 349 g/mol. The molecule has 2 aromatic rings. The van der Waals surface area contributed by atoms with E-state index in [1.54, 1.807) is 6.07 Å². The Kier molecular flexibility index (Phi) is 4.77. The fourth-order valence-corrected chi connectivity index (χ4v) is 4.64. The van der Waals surface area contributed by atoms with E-state index in [-0.39, 0.29) is 11.9 Å². The molecule has 0 amide bonds. The topological polar surface area (TPSA) is 12.0 Å². The molecule has 1 N–H and O–H groups in total. The number of likely N-dealkylation sites (N-methyl/N-ethyl adjacent to an activating group) is 1. The number of halogens is 2. The summed E-state index contributed by atoms with van der Waals surface area (Å²) in [6.07, 6.45) is 4.36. The van der Waals surface area contributed by atoms with Crippen molar-refractivity contribution >= 4 is 27.3 Å². The largest absolute Gasteiger partial charge is 0.316 e. The minimum absolute atomic E-state index is 0.119. The summed E-state index contributed by atoms with van der Waals surface area (Å²) in [6, 6.07) is 7.91. The smallest absolute Gasteiger partial charge is 0.127 e. The van der Waals surface area contributed by atoms with Crippen LogP contribution in [0.1, 0.15) is 34.8 Å². The van der Waals surface area contributed by atoms with Crippen molar-refractivity contribution in [3.05, 3.63) is 55.9 Å². The molecule has 1 nitrogen and oxygen atoms in total. The molecule has 2 unspecified atom stereocenters. The molecule has 2 atom stereocenters. The highest BCUT2D eigenvalue weighted by molar-refractivity contribution is 9.10. The molecule has 112 valence electrons. The van der Waals surface area contributed by atoms with Crippen LogP contribution >= 0.6 is 27.3 Å². The lowest BCUT2D eigenvalue weighted by molar-refractivity contribution is 0.409. The van der Waals surface area contributed by atoms with Crippen molar-refractivity contribution in [3.8, 4) is 0 Å². The summed E-state index contributed by atoms with van der Waals surface area (Å²) in [5, 5.41) is 5.61. The Hall–Kier alpha value is -0.710. The van der Waals surface area contributed by atoms with E-state index in [0.29, 0.717) is 5.92 Å². The molecule has 0 bridgehead atoms. The van der Waals surface area contributed by atoms with E-state index in [1.807, 2.05) is 30.5 Å². The molecule has 1 aliphatic rings. The molecular formula is C17H19BrFNS. The Morgan fingerprint density at radius 1 is 1.43 bits per heavy atom. The molecule has 0 saturated carbocycles. The molecule has 1 aliphatic carbocycles. The van der Waals surface area contributed by atoms with Crippen LogP contribution in [-0.4, -0.2) is 13.1 Å². The number of benzene rings is 1. The lowest BCUT2D eigenvalue weighted by atomic mass is 9.80. The minimum atomic E-state index is -0.119. The Bertz CT molecular complexity index is 625. The fourth-order valence-electron chi connectivity index (χ4n) is 3.31. The summed E-state index contributed by atoms with van der Waals surface area (Å²) in [4.78, 5) is 1.52.